The minimum absolute atomic E-state index is 0.0319. The maximum absolute atomic E-state index is 10.3. The van der Waals surface area contributed by atoms with Crippen molar-refractivity contribution < 1.29 is 14.7 Å². The van der Waals surface area contributed by atoms with Gasteiger partial charge in [-0.1, -0.05) is 19.8 Å². The number of aliphatic hydroxyl groups is 1. The van der Waals surface area contributed by atoms with Crippen molar-refractivity contribution in [2.45, 2.75) is 45.1 Å². The van der Waals surface area contributed by atoms with Crippen LogP contribution in [0.5, 0.6) is 0 Å². The van der Waals surface area contributed by atoms with E-state index in [2.05, 4.69) is 9.98 Å². The molecule has 2 atom stereocenters. The zero-order valence-corrected chi connectivity index (χ0v) is 10.3. The minimum Gasteiger partial charge on any atom is -0.396 e. The largest absolute Gasteiger partial charge is 0.396 e. The smallest absolute Gasteiger partial charge is 0.235 e. The van der Waals surface area contributed by atoms with Gasteiger partial charge in [-0.25, -0.2) is 19.6 Å². The standard InChI is InChI=1S/C12H20N2O3/c1-2-11(8-15)12(14-10-17)6-4-3-5-7-13-9-16/h11-12,15H,2-8H2,1H3. The van der Waals surface area contributed by atoms with Crippen LogP contribution in [0, 0.1) is 5.92 Å². The molecule has 0 amide bonds. The lowest BCUT2D eigenvalue weighted by Gasteiger charge is -2.19. The molecular weight excluding hydrogens is 220 g/mol. The van der Waals surface area contributed by atoms with Crippen LogP contribution in [-0.2, 0) is 9.59 Å². The van der Waals surface area contributed by atoms with Gasteiger partial charge in [0.25, 0.3) is 0 Å². The fourth-order valence-electron chi connectivity index (χ4n) is 1.76. The predicted octanol–water partition coefficient (Wildman–Crippen LogP) is 1.61. The molecule has 5 nitrogen and oxygen atoms in total. The zero-order valence-electron chi connectivity index (χ0n) is 10.3. The number of hydrogen-bond donors (Lipinski definition) is 1. The van der Waals surface area contributed by atoms with Crippen LogP contribution in [0.15, 0.2) is 9.98 Å². The Hall–Kier alpha value is -1.28. The summed E-state index contributed by atoms with van der Waals surface area (Å²) in [6.07, 6.45) is 7.29. The first-order chi connectivity index (χ1) is 8.29. The average Bonchev–Trinajstić information content (AvgIpc) is 2.35. The molecule has 0 aliphatic heterocycles. The quantitative estimate of drug-likeness (QED) is 0.358. The highest BCUT2D eigenvalue weighted by Crippen LogP contribution is 2.17. The highest BCUT2D eigenvalue weighted by atomic mass is 16.3. The molecular formula is C12H20N2O3. The number of unbranched alkanes of at least 4 members (excludes halogenated alkanes) is 2. The summed E-state index contributed by atoms with van der Waals surface area (Å²) >= 11 is 0. The molecule has 0 fully saturated rings. The molecule has 0 aliphatic rings. The summed E-state index contributed by atoms with van der Waals surface area (Å²) in [7, 11) is 0. The molecule has 1 N–H and O–H groups in total. The number of nitrogens with zero attached hydrogens (tertiary/aromatic N) is 2. The van der Waals surface area contributed by atoms with Crippen LogP contribution in [0.3, 0.4) is 0 Å². The zero-order chi connectivity index (χ0) is 12.9. The molecule has 0 aliphatic carbocycles. The van der Waals surface area contributed by atoms with Gasteiger partial charge < -0.3 is 5.11 Å². The number of rotatable bonds is 10. The van der Waals surface area contributed by atoms with Gasteiger partial charge >= 0.3 is 0 Å². The van der Waals surface area contributed by atoms with Crippen molar-refractivity contribution in [3.63, 3.8) is 0 Å². The second-order valence-corrected chi connectivity index (χ2v) is 3.96. The van der Waals surface area contributed by atoms with Crippen molar-refractivity contribution >= 4 is 12.2 Å². The van der Waals surface area contributed by atoms with Gasteiger partial charge in [-0.3, -0.25) is 0 Å². The van der Waals surface area contributed by atoms with E-state index in [1.165, 1.54) is 6.08 Å². The molecule has 5 heteroatoms. The van der Waals surface area contributed by atoms with Crippen molar-refractivity contribution in [3.8, 4) is 0 Å². The minimum atomic E-state index is -0.142. The fourth-order valence-corrected chi connectivity index (χ4v) is 1.76. The fraction of sp³-hybridized carbons (Fsp3) is 0.833. The molecule has 96 valence electrons. The Balaban J connectivity index is 3.92. The van der Waals surface area contributed by atoms with Crippen LogP contribution in [0.25, 0.3) is 0 Å². The third kappa shape index (κ3) is 7.58. The van der Waals surface area contributed by atoms with Crippen molar-refractivity contribution in [2.75, 3.05) is 13.2 Å². The Morgan fingerprint density at radius 1 is 1.18 bits per heavy atom. The van der Waals surface area contributed by atoms with Gasteiger partial charge in [0.2, 0.25) is 12.2 Å². The van der Waals surface area contributed by atoms with Gasteiger partial charge in [0, 0.05) is 12.5 Å². The Labute approximate surface area is 102 Å². The summed E-state index contributed by atoms with van der Waals surface area (Å²) in [5.41, 5.74) is 0. The summed E-state index contributed by atoms with van der Waals surface area (Å²) in [5, 5.41) is 9.15. The lowest BCUT2D eigenvalue weighted by molar-refractivity contribution is 0.195. The van der Waals surface area contributed by atoms with Crippen LogP contribution >= 0.6 is 0 Å². The van der Waals surface area contributed by atoms with Crippen LogP contribution in [0.1, 0.15) is 39.0 Å². The Morgan fingerprint density at radius 2 is 1.94 bits per heavy atom. The van der Waals surface area contributed by atoms with Crippen LogP contribution < -0.4 is 0 Å². The predicted molar refractivity (Wildman–Crippen MR) is 64.2 cm³/mol. The molecule has 0 rings (SSSR count). The summed E-state index contributed by atoms with van der Waals surface area (Å²) in [6, 6.07) is -0.142. The molecule has 17 heavy (non-hydrogen) atoms. The highest BCUT2D eigenvalue weighted by molar-refractivity contribution is 5.33. The van der Waals surface area contributed by atoms with Gasteiger partial charge in [0.05, 0.1) is 12.6 Å². The number of isocyanates is 2. The Morgan fingerprint density at radius 3 is 2.47 bits per heavy atom. The van der Waals surface area contributed by atoms with E-state index in [0.29, 0.717) is 6.54 Å². The SMILES string of the molecule is CCC(CO)C(CCCCCN=C=O)N=C=O. The molecule has 0 saturated heterocycles. The molecule has 0 aromatic carbocycles. The molecule has 0 bridgehead atoms. The maximum atomic E-state index is 10.3. The van der Waals surface area contributed by atoms with Crippen molar-refractivity contribution in [1.29, 1.82) is 0 Å². The normalized spacial score (nSPS) is 13.3. The Bertz CT molecular complexity index is 277. The summed E-state index contributed by atoms with van der Waals surface area (Å²) in [4.78, 5) is 27.3. The molecule has 0 heterocycles. The molecule has 2 unspecified atom stereocenters. The lowest BCUT2D eigenvalue weighted by Crippen LogP contribution is -2.21. The lowest BCUT2D eigenvalue weighted by atomic mass is 9.93. The number of carbonyl (C=O) groups excluding carboxylic acids is 2. The van der Waals surface area contributed by atoms with Gasteiger partial charge in [0.15, 0.2) is 0 Å². The van der Waals surface area contributed by atoms with E-state index >= 15 is 0 Å². The summed E-state index contributed by atoms with van der Waals surface area (Å²) in [6.45, 7) is 2.51. The molecule has 0 spiro atoms. The van der Waals surface area contributed by atoms with E-state index in [1.54, 1.807) is 6.08 Å². The molecule has 0 aromatic rings. The number of aliphatic imine (C=N–C) groups is 2. The van der Waals surface area contributed by atoms with E-state index < -0.39 is 0 Å². The second kappa shape index (κ2) is 11.2. The van der Waals surface area contributed by atoms with E-state index in [0.717, 1.165) is 32.1 Å². The first-order valence-corrected chi connectivity index (χ1v) is 6.01. The Kier molecular flexibility index (Phi) is 10.4. The summed E-state index contributed by atoms with van der Waals surface area (Å²) < 4.78 is 0. The topological polar surface area (TPSA) is 79.1 Å². The second-order valence-electron chi connectivity index (χ2n) is 3.96. The highest BCUT2D eigenvalue weighted by Gasteiger charge is 2.17. The average molecular weight is 240 g/mol. The van der Waals surface area contributed by atoms with E-state index in [4.69, 9.17) is 5.11 Å². The van der Waals surface area contributed by atoms with Gasteiger partial charge in [0.1, 0.15) is 0 Å². The third-order valence-corrected chi connectivity index (χ3v) is 2.86. The number of hydrogen-bond acceptors (Lipinski definition) is 5. The van der Waals surface area contributed by atoms with Crippen LogP contribution in [0.4, 0.5) is 0 Å². The van der Waals surface area contributed by atoms with E-state index in [9.17, 15) is 9.59 Å². The monoisotopic (exact) mass is 240 g/mol. The summed E-state index contributed by atoms with van der Waals surface area (Å²) in [5.74, 6) is 0.0319. The van der Waals surface area contributed by atoms with Crippen molar-refractivity contribution in [2.24, 2.45) is 15.9 Å². The molecule has 0 saturated carbocycles. The van der Waals surface area contributed by atoms with Crippen LogP contribution in [0.2, 0.25) is 0 Å². The molecule has 0 radical (unpaired) electrons. The number of aliphatic hydroxyl groups excluding tert-OH is 1. The molecule has 0 aromatic heterocycles. The van der Waals surface area contributed by atoms with E-state index in [-0.39, 0.29) is 18.6 Å². The van der Waals surface area contributed by atoms with Crippen LogP contribution in [-0.4, -0.2) is 36.5 Å². The van der Waals surface area contributed by atoms with Crippen molar-refractivity contribution in [3.05, 3.63) is 0 Å². The van der Waals surface area contributed by atoms with Crippen molar-refractivity contribution in [1.82, 2.24) is 0 Å². The van der Waals surface area contributed by atoms with E-state index in [1.807, 2.05) is 6.92 Å². The first kappa shape index (κ1) is 15.7. The van der Waals surface area contributed by atoms with Gasteiger partial charge in [-0.2, -0.15) is 0 Å². The first-order valence-electron chi connectivity index (χ1n) is 6.01. The maximum Gasteiger partial charge on any atom is 0.235 e. The third-order valence-electron chi connectivity index (χ3n) is 2.86. The van der Waals surface area contributed by atoms with Gasteiger partial charge in [-0.05, 0) is 19.3 Å². The van der Waals surface area contributed by atoms with Gasteiger partial charge in [-0.15, -0.1) is 0 Å².